The minimum absolute atomic E-state index is 0.0894. The fraction of sp³-hybridized carbons (Fsp3) is 0.533. The van der Waals surface area contributed by atoms with Crippen molar-refractivity contribution in [2.75, 3.05) is 18.5 Å². The van der Waals surface area contributed by atoms with E-state index in [4.69, 9.17) is 5.84 Å². The van der Waals surface area contributed by atoms with Gasteiger partial charge in [-0.15, -0.1) is 0 Å². The van der Waals surface area contributed by atoms with Gasteiger partial charge < -0.3 is 10.3 Å². The van der Waals surface area contributed by atoms with Crippen LogP contribution in [0.1, 0.15) is 42.1 Å². The third-order valence-corrected chi connectivity index (χ3v) is 3.83. The van der Waals surface area contributed by atoms with Crippen molar-refractivity contribution < 1.29 is 4.79 Å². The van der Waals surface area contributed by atoms with Crippen molar-refractivity contribution in [1.29, 1.82) is 0 Å². The number of hydrogen-bond donors (Lipinski definition) is 2. The molecule has 104 valence electrons. The van der Waals surface area contributed by atoms with Crippen LogP contribution in [0, 0.1) is 12.8 Å². The summed E-state index contributed by atoms with van der Waals surface area (Å²) in [7, 11) is 0. The number of hydrazine groups is 1. The quantitative estimate of drug-likeness (QED) is 0.647. The summed E-state index contributed by atoms with van der Waals surface area (Å²) in [6, 6.07) is 5.72. The first-order chi connectivity index (χ1) is 9.15. The largest absolute Gasteiger partial charge is 0.338 e. The molecule has 2 rings (SSSR count). The fourth-order valence-corrected chi connectivity index (χ4v) is 2.80. The number of hydrogen-bond acceptors (Lipinski definition) is 3. The zero-order chi connectivity index (χ0) is 13.8. The van der Waals surface area contributed by atoms with Crippen molar-refractivity contribution >= 4 is 11.6 Å². The Bertz CT molecular complexity index is 459. The van der Waals surface area contributed by atoms with E-state index in [0.717, 1.165) is 25.1 Å². The molecular formula is C15H23N3O. The first kappa shape index (κ1) is 13.9. The Labute approximate surface area is 114 Å². The number of nitrogens with zero attached hydrogens (tertiary/aromatic N) is 1. The van der Waals surface area contributed by atoms with Crippen LogP contribution in [0.3, 0.4) is 0 Å². The number of carbonyl (C=O) groups is 1. The molecule has 1 unspecified atom stereocenters. The van der Waals surface area contributed by atoms with E-state index in [2.05, 4.69) is 12.3 Å². The van der Waals surface area contributed by atoms with Crippen LogP contribution in [0.4, 0.5) is 5.69 Å². The number of nitrogen functional groups attached to an aromatic ring is 1. The molecule has 4 heteroatoms. The van der Waals surface area contributed by atoms with Gasteiger partial charge in [0.05, 0.1) is 11.3 Å². The number of benzene rings is 1. The molecule has 1 fully saturated rings. The summed E-state index contributed by atoms with van der Waals surface area (Å²) in [6.07, 6.45) is 3.52. The van der Waals surface area contributed by atoms with Gasteiger partial charge in [-0.3, -0.25) is 10.6 Å². The van der Waals surface area contributed by atoms with E-state index in [1.165, 1.54) is 12.8 Å². The fourth-order valence-electron chi connectivity index (χ4n) is 2.80. The van der Waals surface area contributed by atoms with E-state index in [1.54, 1.807) is 0 Å². The van der Waals surface area contributed by atoms with E-state index in [9.17, 15) is 4.79 Å². The van der Waals surface area contributed by atoms with Crippen molar-refractivity contribution in [2.45, 2.75) is 33.1 Å². The monoisotopic (exact) mass is 261 g/mol. The topological polar surface area (TPSA) is 58.4 Å². The molecule has 0 aromatic heterocycles. The second kappa shape index (κ2) is 6.06. The molecule has 0 bridgehead atoms. The molecule has 0 aliphatic carbocycles. The summed E-state index contributed by atoms with van der Waals surface area (Å²) in [4.78, 5) is 14.5. The van der Waals surface area contributed by atoms with Crippen LogP contribution in [-0.2, 0) is 0 Å². The van der Waals surface area contributed by atoms with E-state index < -0.39 is 0 Å². The Hall–Kier alpha value is -1.55. The standard InChI is InChI=1S/C15H23N3O/c1-3-4-12-7-8-18(10-12)15(19)13-6-5-11(2)9-14(13)17-16/h5-6,9,12,17H,3-4,7-8,10,16H2,1-2H3. The zero-order valence-corrected chi connectivity index (χ0v) is 11.8. The zero-order valence-electron chi connectivity index (χ0n) is 11.8. The molecule has 1 aliphatic heterocycles. The van der Waals surface area contributed by atoms with Crippen LogP contribution in [0.5, 0.6) is 0 Å². The van der Waals surface area contributed by atoms with Gasteiger partial charge in [0.15, 0.2) is 0 Å². The highest BCUT2D eigenvalue weighted by atomic mass is 16.2. The first-order valence-electron chi connectivity index (χ1n) is 7.02. The smallest absolute Gasteiger partial charge is 0.256 e. The molecule has 4 nitrogen and oxygen atoms in total. The summed E-state index contributed by atoms with van der Waals surface area (Å²) in [5, 5.41) is 0. The Balaban J connectivity index is 2.12. The molecule has 1 saturated heterocycles. The van der Waals surface area contributed by atoms with E-state index in [-0.39, 0.29) is 5.91 Å². The van der Waals surface area contributed by atoms with E-state index in [0.29, 0.717) is 17.2 Å². The highest BCUT2D eigenvalue weighted by molar-refractivity contribution is 5.99. The number of nitrogens with two attached hydrogens (primary N) is 1. The summed E-state index contributed by atoms with van der Waals surface area (Å²) in [6.45, 7) is 5.93. The minimum Gasteiger partial charge on any atom is -0.338 e. The Kier molecular flexibility index (Phi) is 4.43. The summed E-state index contributed by atoms with van der Waals surface area (Å²) < 4.78 is 0. The maximum absolute atomic E-state index is 12.5. The molecule has 1 aliphatic rings. The molecule has 1 amide bonds. The van der Waals surface area contributed by atoms with Crippen molar-refractivity contribution in [3.63, 3.8) is 0 Å². The number of amides is 1. The van der Waals surface area contributed by atoms with Crippen molar-refractivity contribution in [3.8, 4) is 0 Å². The molecule has 3 N–H and O–H groups in total. The lowest BCUT2D eigenvalue weighted by Crippen LogP contribution is -2.29. The second-order valence-electron chi connectivity index (χ2n) is 5.39. The minimum atomic E-state index is 0.0894. The number of likely N-dealkylation sites (tertiary alicyclic amines) is 1. The summed E-state index contributed by atoms with van der Waals surface area (Å²) in [5.74, 6) is 6.26. The maximum Gasteiger partial charge on any atom is 0.256 e. The van der Waals surface area contributed by atoms with E-state index >= 15 is 0 Å². The Morgan fingerprint density at radius 1 is 1.53 bits per heavy atom. The summed E-state index contributed by atoms with van der Waals surface area (Å²) >= 11 is 0. The van der Waals surface area contributed by atoms with Gasteiger partial charge in [-0.2, -0.15) is 0 Å². The van der Waals surface area contributed by atoms with Gasteiger partial charge >= 0.3 is 0 Å². The lowest BCUT2D eigenvalue weighted by molar-refractivity contribution is 0.0787. The predicted molar refractivity (Wildman–Crippen MR) is 77.9 cm³/mol. The third kappa shape index (κ3) is 3.07. The maximum atomic E-state index is 12.5. The SMILES string of the molecule is CCCC1CCN(C(=O)c2ccc(C)cc2NN)C1. The summed E-state index contributed by atoms with van der Waals surface area (Å²) in [5.41, 5.74) is 5.11. The highest BCUT2D eigenvalue weighted by Gasteiger charge is 2.27. The lowest BCUT2D eigenvalue weighted by atomic mass is 10.0. The molecule has 0 spiro atoms. The van der Waals surface area contributed by atoms with Gasteiger partial charge in [-0.1, -0.05) is 19.4 Å². The van der Waals surface area contributed by atoms with Crippen LogP contribution < -0.4 is 11.3 Å². The van der Waals surface area contributed by atoms with Crippen molar-refractivity contribution in [1.82, 2.24) is 4.90 Å². The van der Waals surface area contributed by atoms with Crippen molar-refractivity contribution in [3.05, 3.63) is 29.3 Å². The van der Waals surface area contributed by atoms with Crippen LogP contribution >= 0.6 is 0 Å². The lowest BCUT2D eigenvalue weighted by Gasteiger charge is -2.18. The first-order valence-corrected chi connectivity index (χ1v) is 7.02. The predicted octanol–water partition coefficient (Wildman–Crippen LogP) is 2.54. The normalized spacial score (nSPS) is 18.7. The van der Waals surface area contributed by atoms with Gasteiger partial charge in [-0.25, -0.2) is 0 Å². The molecule has 1 aromatic carbocycles. The average molecular weight is 261 g/mol. The van der Waals surface area contributed by atoms with E-state index in [1.807, 2.05) is 30.0 Å². The average Bonchev–Trinajstić information content (AvgIpc) is 2.87. The number of rotatable bonds is 4. The molecule has 19 heavy (non-hydrogen) atoms. The van der Waals surface area contributed by atoms with Gasteiger partial charge in [-0.05, 0) is 43.4 Å². The second-order valence-corrected chi connectivity index (χ2v) is 5.39. The van der Waals surface area contributed by atoms with Crippen molar-refractivity contribution in [2.24, 2.45) is 11.8 Å². The molecule has 1 atom stereocenters. The van der Waals surface area contributed by atoms with Gasteiger partial charge in [0.25, 0.3) is 5.91 Å². The molecule has 0 radical (unpaired) electrons. The Morgan fingerprint density at radius 3 is 3.00 bits per heavy atom. The van der Waals surface area contributed by atoms with Crippen LogP contribution in [-0.4, -0.2) is 23.9 Å². The van der Waals surface area contributed by atoms with Crippen LogP contribution in [0.15, 0.2) is 18.2 Å². The number of aryl methyl sites for hydroxylation is 1. The van der Waals surface area contributed by atoms with Gasteiger partial charge in [0.1, 0.15) is 0 Å². The number of anilines is 1. The highest BCUT2D eigenvalue weighted by Crippen LogP contribution is 2.25. The molecule has 0 saturated carbocycles. The number of nitrogens with one attached hydrogen (secondary N) is 1. The van der Waals surface area contributed by atoms with Gasteiger partial charge in [0.2, 0.25) is 0 Å². The molecule has 1 heterocycles. The van der Waals surface area contributed by atoms with Crippen LogP contribution in [0.2, 0.25) is 0 Å². The number of carbonyl (C=O) groups excluding carboxylic acids is 1. The molecular weight excluding hydrogens is 238 g/mol. The van der Waals surface area contributed by atoms with Gasteiger partial charge in [0, 0.05) is 13.1 Å². The Morgan fingerprint density at radius 2 is 2.32 bits per heavy atom. The third-order valence-electron chi connectivity index (χ3n) is 3.83. The molecule has 1 aromatic rings. The van der Waals surface area contributed by atoms with Crippen LogP contribution in [0.25, 0.3) is 0 Å².